The Balaban J connectivity index is 3.11. The van der Waals surface area contributed by atoms with Crippen LogP contribution in [0.4, 0.5) is 0 Å². The molecule has 4 nitrogen and oxygen atoms in total. The van der Waals surface area contributed by atoms with Gasteiger partial charge in [0.05, 0.1) is 7.11 Å². The quantitative estimate of drug-likeness (QED) is 0.739. The van der Waals surface area contributed by atoms with Crippen molar-refractivity contribution in [1.82, 2.24) is 0 Å². The molecular weight excluding hydrogens is 206 g/mol. The van der Waals surface area contributed by atoms with E-state index in [1.807, 2.05) is 0 Å². The molecule has 0 fully saturated rings. The van der Waals surface area contributed by atoms with Crippen LogP contribution in [-0.4, -0.2) is 18.2 Å². The summed E-state index contributed by atoms with van der Waals surface area (Å²) >= 11 is 0. The number of rotatable bonds is 5. The van der Waals surface area contributed by atoms with E-state index in [-0.39, 0.29) is 6.42 Å². The Morgan fingerprint density at radius 1 is 1.56 bits per heavy atom. The van der Waals surface area contributed by atoms with Crippen LogP contribution in [-0.2, 0) is 10.3 Å². The maximum atomic E-state index is 11.2. The van der Waals surface area contributed by atoms with Crippen LogP contribution in [0.5, 0.6) is 5.75 Å². The molecule has 0 radical (unpaired) electrons. The van der Waals surface area contributed by atoms with Crippen molar-refractivity contribution in [2.45, 2.75) is 12.0 Å². The van der Waals surface area contributed by atoms with Crippen molar-refractivity contribution in [3.8, 4) is 5.75 Å². The van der Waals surface area contributed by atoms with Crippen LogP contribution in [0.3, 0.4) is 0 Å². The van der Waals surface area contributed by atoms with Gasteiger partial charge < -0.3 is 15.6 Å². The summed E-state index contributed by atoms with van der Waals surface area (Å²) in [5.41, 5.74) is 4.96. The van der Waals surface area contributed by atoms with E-state index in [1.54, 1.807) is 31.4 Å². The summed E-state index contributed by atoms with van der Waals surface area (Å²) in [4.78, 5) is 11.2. The van der Waals surface area contributed by atoms with Crippen molar-refractivity contribution in [2.75, 3.05) is 7.11 Å². The molecule has 1 rings (SSSR count). The van der Waals surface area contributed by atoms with Gasteiger partial charge in [-0.25, -0.2) is 4.79 Å². The highest BCUT2D eigenvalue weighted by atomic mass is 16.5. The van der Waals surface area contributed by atoms with Gasteiger partial charge in [-0.05, 0) is 24.1 Å². The summed E-state index contributed by atoms with van der Waals surface area (Å²) in [6, 6.07) is 6.67. The minimum atomic E-state index is -1.42. The number of carboxylic acid groups (broad SMARTS) is 1. The van der Waals surface area contributed by atoms with E-state index in [0.717, 1.165) is 0 Å². The van der Waals surface area contributed by atoms with E-state index in [4.69, 9.17) is 15.6 Å². The molecule has 0 spiro atoms. The average Bonchev–Trinajstić information content (AvgIpc) is 2.29. The van der Waals surface area contributed by atoms with E-state index in [1.165, 1.54) is 6.08 Å². The van der Waals surface area contributed by atoms with Gasteiger partial charge >= 0.3 is 5.97 Å². The minimum absolute atomic E-state index is 0.175. The summed E-state index contributed by atoms with van der Waals surface area (Å²) in [7, 11) is 1.55. The lowest BCUT2D eigenvalue weighted by Gasteiger charge is -2.23. The number of hydrogen-bond donors (Lipinski definition) is 2. The second-order valence-corrected chi connectivity index (χ2v) is 3.50. The zero-order valence-electron chi connectivity index (χ0n) is 9.14. The Kier molecular flexibility index (Phi) is 3.68. The highest BCUT2D eigenvalue weighted by Gasteiger charge is 2.34. The van der Waals surface area contributed by atoms with Crippen LogP contribution < -0.4 is 10.5 Å². The topological polar surface area (TPSA) is 72.6 Å². The van der Waals surface area contributed by atoms with Crippen molar-refractivity contribution in [1.29, 1.82) is 0 Å². The molecule has 0 aliphatic rings. The summed E-state index contributed by atoms with van der Waals surface area (Å²) < 4.78 is 4.99. The number of benzene rings is 1. The standard InChI is InChI=1S/C12H15NO3/c1-3-8-12(13,11(14)15)9-4-6-10(16-2)7-5-9/h3-7H,1,8,13H2,2H3,(H,14,15). The molecule has 0 saturated carbocycles. The SMILES string of the molecule is C=CCC(N)(C(=O)O)c1ccc(OC)cc1. The molecule has 1 atom stereocenters. The summed E-state index contributed by atoms with van der Waals surface area (Å²) in [6.45, 7) is 3.52. The number of carbonyl (C=O) groups is 1. The van der Waals surface area contributed by atoms with E-state index in [9.17, 15) is 4.79 Å². The highest BCUT2D eigenvalue weighted by molar-refractivity contribution is 5.80. The Bertz CT molecular complexity index is 386. The van der Waals surface area contributed by atoms with Crippen LogP contribution in [0, 0.1) is 0 Å². The lowest BCUT2D eigenvalue weighted by atomic mass is 9.88. The third kappa shape index (κ3) is 2.23. The first kappa shape index (κ1) is 12.3. The molecule has 0 aliphatic carbocycles. The molecule has 0 aliphatic heterocycles. The van der Waals surface area contributed by atoms with Gasteiger partial charge in [0.2, 0.25) is 0 Å². The van der Waals surface area contributed by atoms with Crippen molar-refractivity contribution in [3.05, 3.63) is 42.5 Å². The molecule has 4 heteroatoms. The molecule has 3 N–H and O–H groups in total. The summed E-state index contributed by atoms with van der Waals surface area (Å²) in [5, 5.41) is 9.14. The van der Waals surface area contributed by atoms with Gasteiger partial charge in [-0.2, -0.15) is 0 Å². The fraction of sp³-hybridized carbons (Fsp3) is 0.250. The predicted octanol–water partition coefficient (Wildman–Crippen LogP) is 1.51. The first-order valence-corrected chi connectivity index (χ1v) is 4.82. The molecule has 1 aromatic carbocycles. The van der Waals surface area contributed by atoms with Crippen molar-refractivity contribution in [2.24, 2.45) is 5.73 Å². The van der Waals surface area contributed by atoms with Crippen molar-refractivity contribution < 1.29 is 14.6 Å². The van der Waals surface area contributed by atoms with Crippen LogP contribution in [0.15, 0.2) is 36.9 Å². The monoisotopic (exact) mass is 221 g/mol. The number of methoxy groups -OCH3 is 1. The van der Waals surface area contributed by atoms with Crippen molar-refractivity contribution in [3.63, 3.8) is 0 Å². The summed E-state index contributed by atoms with van der Waals surface area (Å²) in [6.07, 6.45) is 1.67. The van der Waals surface area contributed by atoms with Crippen LogP contribution in [0.1, 0.15) is 12.0 Å². The highest BCUT2D eigenvalue weighted by Crippen LogP contribution is 2.25. The van der Waals surface area contributed by atoms with Gasteiger partial charge in [-0.1, -0.05) is 18.2 Å². The number of hydrogen-bond acceptors (Lipinski definition) is 3. The first-order valence-electron chi connectivity index (χ1n) is 4.82. The molecule has 0 saturated heterocycles. The number of nitrogens with two attached hydrogens (primary N) is 1. The third-order valence-corrected chi connectivity index (χ3v) is 2.45. The Morgan fingerprint density at radius 3 is 2.50 bits per heavy atom. The zero-order chi connectivity index (χ0) is 12.2. The molecule has 86 valence electrons. The maximum absolute atomic E-state index is 11.2. The van der Waals surface area contributed by atoms with Crippen LogP contribution in [0.25, 0.3) is 0 Å². The van der Waals surface area contributed by atoms with E-state index >= 15 is 0 Å². The molecule has 1 unspecified atom stereocenters. The van der Waals surface area contributed by atoms with Gasteiger partial charge in [-0.15, -0.1) is 6.58 Å². The van der Waals surface area contributed by atoms with Crippen LogP contribution >= 0.6 is 0 Å². The molecule has 0 bridgehead atoms. The number of ether oxygens (including phenoxy) is 1. The number of aliphatic carboxylic acids is 1. The Labute approximate surface area is 94.3 Å². The van der Waals surface area contributed by atoms with Gasteiger partial charge in [0.1, 0.15) is 11.3 Å². The van der Waals surface area contributed by atoms with Gasteiger partial charge in [0.15, 0.2) is 0 Å². The Hall–Kier alpha value is -1.81. The third-order valence-electron chi connectivity index (χ3n) is 2.45. The van der Waals surface area contributed by atoms with Gasteiger partial charge in [-0.3, -0.25) is 0 Å². The second-order valence-electron chi connectivity index (χ2n) is 3.50. The minimum Gasteiger partial charge on any atom is -0.497 e. The zero-order valence-corrected chi connectivity index (χ0v) is 9.14. The number of carboxylic acids is 1. The average molecular weight is 221 g/mol. The molecule has 0 aromatic heterocycles. The molecule has 0 heterocycles. The van der Waals surface area contributed by atoms with Gasteiger partial charge in [0.25, 0.3) is 0 Å². The molecule has 16 heavy (non-hydrogen) atoms. The molecular formula is C12H15NO3. The van der Waals surface area contributed by atoms with E-state index in [2.05, 4.69) is 6.58 Å². The van der Waals surface area contributed by atoms with Gasteiger partial charge in [0, 0.05) is 0 Å². The normalized spacial score (nSPS) is 13.9. The van der Waals surface area contributed by atoms with E-state index < -0.39 is 11.5 Å². The fourth-order valence-corrected chi connectivity index (χ4v) is 1.44. The Morgan fingerprint density at radius 2 is 2.12 bits per heavy atom. The largest absolute Gasteiger partial charge is 0.497 e. The molecule has 0 amide bonds. The second kappa shape index (κ2) is 4.81. The summed E-state index contributed by atoms with van der Waals surface area (Å²) in [5.74, 6) is -0.410. The van der Waals surface area contributed by atoms with Crippen molar-refractivity contribution >= 4 is 5.97 Å². The van der Waals surface area contributed by atoms with Crippen LogP contribution in [0.2, 0.25) is 0 Å². The fourth-order valence-electron chi connectivity index (χ4n) is 1.44. The molecule has 1 aromatic rings. The lowest BCUT2D eigenvalue weighted by Crippen LogP contribution is -2.44. The predicted molar refractivity (Wildman–Crippen MR) is 61.3 cm³/mol. The maximum Gasteiger partial charge on any atom is 0.328 e. The first-order chi connectivity index (χ1) is 7.54. The lowest BCUT2D eigenvalue weighted by molar-refractivity contribution is -0.143. The smallest absolute Gasteiger partial charge is 0.328 e. The van der Waals surface area contributed by atoms with E-state index in [0.29, 0.717) is 11.3 Å².